The zero-order valence-corrected chi connectivity index (χ0v) is 12.8. The van der Waals surface area contributed by atoms with E-state index in [0.717, 1.165) is 11.2 Å². The van der Waals surface area contributed by atoms with Gasteiger partial charge in [-0.1, -0.05) is 13.8 Å². The molecule has 0 aliphatic carbocycles. The van der Waals surface area contributed by atoms with Gasteiger partial charge >= 0.3 is 6.18 Å². The third kappa shape index (κ3) is 5.01. The topological polar surface area (TPSA) is 41.4 Å². The first-order chi connectivity index (χ1) is 10.2. The third-order valence-corrected chi connectivity index (χ3v) is 3.41. The first kappa shape index (κ1) is 16.8. The van der Waals surface area contributed by atoms with Crippen LogP contribution >= 0.6 is 0 Å². The standard InChI is InChI=1S/C14H21F3N4O/c1-11(2)7-20-6-5-19(9-13(20)22)8-12-3-4-21(18-12)10-14(15,16)17/h3-4,11H,5-10H2,1-2H3. The number of nitrogens with zero attached hydrogens (tertiary/aromatic N) is 4. The number of hydrogen-bond donors (Lipinski definition) is 0. The molecule has 1 saturated heterocycles. The molecule has 124 valence electrons. The lowest BCUT2D eigenvalue weighted by Crippen LogP contribution is -2.50. The van der Waals surface area contributed by atoms with Crippen molar-refractivity contribution >= 4 is 5.91 Å². The van der Waals surface area contributed by atoms with Crippen LogP contribution in [0.5, 0.6) is 0 Å². The van der Waals surface area contributed by atoms with Gasteiger partial charge in [0, 0.05) is 32.4 Å². The van der Waals surface area contributed by atoms with Gasteiger partial charge in [0.2, 0.25) is 5.91 Å². The number of carbonyl (C=O) groups excluding carboxylic acids is 1. The molecule has 1 aromatic heterocycles. The average Bonchev–Trinajstić information content (AvgIpc) is 2.77. The summed E-state index contributed by atoms with van der Waals surface area (Å²) in [6.07, 6.45) is -2.96. The van der Waals surface area contributed by atoms with Gasteiger partial charge in [0.1, 0.15) is 6.54 Å². The second kappa shape index (κ2) is 6.68. The van der Waals surface area contributed by atoms with Gasteiger partial charge < -0.3 is 4.90 Å². The molecule has 5 nitrogen and oxygen atoms in total. The molecule has 0 aromatic carbocycles. The molecule has 8 heteroatoms. The number of halogens is 3. The molecule has 1 aliphatic heterocycles. The maximum atomic E-state index is 12.3. The summed E-state index contributed by atoms with van der Waals surface area (Å²) in [7, 11) is 0. The van der Waals surface area contributed by atoms with Crippen LogP contribution in [0.1, 0.15) is 19.5 Å². The number of piperazine rings is 1. The van der Waals surface area contributed by atoms with Crippen molar-refractivity contribution in [2.75, 3.05) is 26.2 Å². The second-order valence-corrected chi connectivity index (χ2v) is 6.06. The number of alkyl halides is 3. The summed E-state index contributed by atoms with van der Waals surface area (Å²) in [6.45, 7) is 5.83. The Hall–Kier alpha value is -1.57. The fourth-order valence-electron chi connectivity index (χ4n) is 2.51. The first-order valence-electron chi connectivity index (χ1n) is 7.32. The lowest BCUT2D eigenvalue weighted by atomic mass is 10.2. The molecule has 1 aliphatic rings. The summed E-state index contributed by atoms with van der Waals surface area (Å²) in [5.74, 6) is 0.489. The van der Waals surface area contributed by atoms with E-state index in [0.29, 0.717) is 37.8 Å². The molecule has 1 amide bonds. The van der Waals surface area contributed by atoms with Crippen molar-refractivity contribution in [3.05, 3.63) is 18.0 Å². The summed E-state index contributed by atoms with van der Waals surface area (Å²) >= 11 is 0. The Labute approximate surface area is 127 Å². The fourth-order valence-corrected chi connectivity index (χ4v) is 2.51. The van der Waals surface area contributed by atoms with Gasteiger partial charge in [-0.25, -0.2) is 0 Å². The van der Waals surface area contributed by atoms with Crippen LogP contribution in [0.2, 0.25) is 0 Å². The highest BCUT2D eigenvalue weighted by atomic mass is 19.4. The largest absolute Gasteiger partial charge is 0.408 e. The fraction of sp³-hybridized carbons (Fsp3) is 0.714. The zero-order chi connectivity index (χ0) is 16.3. The molecule has 1 aromatic rings. The quantitative estimate of drug-likeness (QED) is 0.830. The number of amides is 1. The Morgan fingerprint density at radius 2 is 2.05 bits per heavy atom. The van der Waals surface area contributed by atoms with Crippen molar-refractivity contribution in [3.63, 3.8) is 0 Å². The zero-order valence-electron chi connectivity index (χ0n) is 12.8. The Bertz CT molecular complexity index is 512. The van der Waals surface area contributed by atoms with Crippen LogP contribution in [-0.2, 0) is 17.9 Å². The van der Waals surface area contributed by atoms with E-state index in [1.807, 2.05) is 9.80 Å². The van der Waals surface area contributed by atoms with Gasteiger partial charge in [-0.3, -0.25) is 14.4 Å². The molecule has 22 heavy (non-hydrogen) atoms. The predicted octanol–water partition coefficient (Wildman–Crippen LogP) is 1.75. The molecular formula is C14H21F3N4O. The van der Waals surface area contributed by atoms with Crippen molar-refractivity contribution in [3.8, 4) is 0 Å². The van der Waals surface area contributed by atoms with Crippen molar-refractivity contribution in [2.24, 2.45) is 5.92 Å². The van der Waals surface area contributed by atoms with Crippen LogP contribution in [0.25, 0.3) is 0 Å². The molecule has 0 N–H and O–H groups in total. The molecular weight excluding hydrogens is 297 g/mol. The second-order valence-electron chi connectivity index (χ2n) is 6.06. The molecule has 0 unspecified atom stereocenters. The van der Waals surface area contributed by atoms with Gasteiger partial charge in [-0.15, -0.1) is 0 Å². The maximum absolute atomic E-state index is 12.3. The molecule has 1 fully saturated rings. The average molecular weight is 318 g/mol. The van der Waals surface area contributed by atoms with E-state index >= 15 is 0 Å². The molecule has 2 heterocycles. The molecule has 0 spiro atoms. The van der Waals surface area contributed by atoms with Crippen LogP contribution in [0.4, 0.5) is 13.2 Å². The molecule has 0 saturated carbocycles. The smallest absolute Gasteiger partial charge is 0.340 e. The van der Waals surface area contributed by atoms with Gasteiger partial charge in [0.15, 0.2) is 0 Å². The Morgan fingerprint density at radius 1 is 1.32 bits per heavy atom. The van der Waals surface area contributed by atoms with Crippen molar-refractivity contribution < 1.29 is 18.0 Å². The molecule has 0 bridgehead atoms. The monoisotopic (exact) mass is 318 g/mol. The Morgan fingerprint density at radius 3 is 2.64 bits per heavy atom. The highest BCUT2D eigenvalue weighted by Crippen LogP contribution is 2.17. The van der Waals surface area contributed by atoms with Crippen molar-refractivity contribution in [2.45, 2.75) is 33.1 Å². The Kier molecular flexibility index (Phi) is 5.10. The first-order valence-corrected chi connectivity index (χ1v) is 7.32. The maximum Gasteiger partial charge on any atom is 0.408 e. The molecule has 2 rings (SSSR count). The van der Waals surface area contributed by atoms with E-state index in [1.165, 1.54) is 6.20 Å². The summed E-state index contributed by atoms with van der Waals surface area (Å²) in [4.78, 5) is 15.8. The van der Waals surface area contributed by atoms with E-state index < -0.39 is 12.7 Å². The van der Waals surface area contributed by atoms with E-state index in [1.54, 1.807) is 6.07 Å². The minimum absolute atomic E-state index is 0.0645. The van der Waals surface area contributed by atoms with E-state index in [-0.39, 0.29) is 5.91 Å². The van der Waals surface area contributed by atoms with E-state index in [2.05, 4.69) is 18.9 Å². The van der Waals surface area contributed by atoms with E-state index in [9.17, 15) is 18.0 Å². The lowest BCUT2D eigenvalue weighted by molar-refractivity contribution is -0.142. The van der Waals surface area contributed by atoms with Crippen LogP contribution < -0.4 is 0 Å². The highest BCUT2D eigenvalue weighted by molar-refractivity contribution is 5.79. The summed E-state index contributed by atoms with van der Waals surface area (Å²) in [5.41, 5.74) is 0.550. The van der Waals surface area contributed by atoms with Gasteiger partial charge in [-0.2, -0.15) is 18.3 Å². The van der Waals surface area contributed by atoms with Gasteiger partial charge in [0.25, 0.3) is 0 Å². The third-order valence-electron chi connectivity index (χ3n) is 3.41. The van der Waals surface area contributed by atoms with Crippen LogP contribution in [0.15, 0.2) is 12.3 Å². The number of rotatable bonds is 5. The van der Waals surface area contributed by atoms with Crippen LogP contribution in [0.3, 0.4) is 0 Å². The van der Waals surface area contributed by atoms with Crippen molar-refractivity contribution in [1.82, 2.24) is 19.6 Å². The minimum atomic E-state index is -4.28. The summed E-state index contributed by atoms with van der Waals surface area (Å²) in [5, 5.41) is 3.91. The number of carbonyl (C=O) groups is 1. The summed E-state index contributed by atoms with van der Waals surface area (Å²) in [6, 6.07) is 1.57. The molecule has 0 radical (unpaired) electrons. The number of hydrogen-bond acceptors (Lipinski definition) is 3. The Balaban J connectivity index is 1.86. The predicted molar refractivity (Wildman–Crippen MR) is 75.0 cm³/mol. The van der Waals surface area contributed by atoms with Crippen LogP contribution in [0, 0.1) is 5.92 Å². The van der Waals surface area contributed by atoms with Crippen molar-refractivity contribution in [1.29, 1.82) is 0 Å². The van der Waals surface area contributed by atoms with Gasteiger partial charge in [-0.05, 0) is 12.0 Å². The minimum Gasteiger partial charge on any atom is -0.340 e. The molecule has 0 atom stereocenters. The lowest BCUT2D eigenvalue weighted by Gasteiger charge is -2.34. The normalized spacial score (nSPS) is 17.5. The SMILES string of the molecule is CC(C)CN1CCN(Cc2ccn(CC(F)(F)F)n2)CC1=O. The van der Waals surface area contributed by atoms with E-state index in [4.69, 9.17) is 0 Å². The highest BCUT2D eigenvalue weighted by Gasteiger charge is 2.29. The van der Waals surface area contributed by atoms with Crippen LogP contribution in [-0.4, -0.2) is 57.8 Å². The van der Waals surface area contributed by atoms with Gasteiger partial charge in [0.05, 0.1) is 12.2 Å². The number of aromatic nitrogens is 2. The summed E-state index contributed by atoms with van der Waals surface area (Å²) < 4.78 is 37.7.